The van der Waals surface area contributed by atoms with E-state index in [0.717, 1.165) is 25.8 Å². The minimum absolute atomic E-state index is 0.156. The van der Waals surface area contributed by atoms with Gasteiger partial charge in [-0.25, -0.2) is 0 Å². The molecule has 0 aromatic heterocycles. The Morgan fingerprint density at radius 2 is 2.29 bits per heavy atom. The minimum atomic E-state index is -0.764. The van der Waals surface area contributed by atoms with Gasteiger partial charge in [-0.3, -0.25) is 9.69 Å². The third-order valence-corrected chi connectivity index (χ3v) is 2.83. The molecule has 1 aliphatic rings. The van der Waals surface area contributed by atoms with E-state index in [9.17, 15) is 9.90 Å². The standard InChI is InChI=1S/C10H19NO3/c1-8(12)9-4-2-3-6-11(9)7-5-10(13)14/h8-9,12H,2-7H2,1H3,(H,13,14)/t8-,9-/m0/s1. The number of rotatable bonds is 4. The zero-order valence-electron chi connectivity index (χ0n) is 8.65. The van der Waals surface area contributed by atoms with Crippen LogP contribution in [0.5, 0.6) is 0 Å². The van der Waals surface area contributed by atoms with Crippen molar-refractivity contribution in [3.8, 4) is 0 Å². The van der Waals surface area contributed by atoms with Gasteiger partial charge in [0.2, 0.25) is 0 Å². The summed E-state index contributed by atoms with van der Waals surface area (Å²) in [5.74, 6) is -0.764. The second kappa shape index (κ2) is 5.32. The lowest BCUT2D eigenvalue weighted by molar-refractivity contribution is -0.137. The second-order valence-electron chi connectivity index (χ2n) is 3.98. The summed E-state index contributed by atoms with van der Waals surface area (Å²) in [6.07, 6.45) is 3.05. The van der Waals surface area contributed by atoms with Gasteiger partial charge < -0.3 is 10.2 Å². The van der Waals surface area contributed by atoms with Gasteiger partial charge in [0.25, 0.3) is 0 Å². The van der Waals surface area contributed by atoms with Crippen LogP contribution in [0.25, 0.3) is 0 Å². The van der Waals surface area contributed by atoms with Gasteiger partial charge >= 0.3 is 5.97 Å². The summed E-state index contributed by atoms with van der Waals surface area (Å²) in [5.41, 5.74) is 0. The number of likely N-dealkylation sites (tertiary alicyclic amines) is 1. The maximum Gasteiger partial charge on any atom is 0.304 e. The summed E-state index contributed by atoms with van der Waals surface area (Å²) in [6, 6.07) is 0.156. The van der Waals surface area contributed by atoms with Crippen molar-refractivity contribution < 1.29 is 15.0 Å². The van der Waals surface area contributed by atoms with Gasteiger partial charge in [0.05, 0.1) is 12.5 Å². The SMILES string of the molecule is C[C@H](O)[C@@H]1CCCCN1CCC(=O)O. The molecule has 0 amide bonds. The molecule has 0 spiro atoms. The lowest BCUT2D eigenvalue weighted by atomic mass is 9.98. The van der Waals surface area contributed by atoms with Crippen molar-refractivity contribution in [2.24, 2.45) is 0 Å². The van der Waals surface area contributed by atoms with Crippen LogP contribution in [-0.4, -0.2) is 46.3 Å². The number of hydrogen-bond donors (Lipinski definition) is 2. The normalized spacial score (nSPS) is 26.0. The summed E-state index contributed by atoms with van der Waals surface area (Å²) in [5, 5.41) is 18.1. The average Bonchev–Trinajstić information content (AvgIpc) is 2.15. The highest BCUT2D eigenvalue weighted by Gasteiger charge is 2.25. The van der Waals surface area contributed by atoms with Gasteiger partial charge in [0, 0.05) is 12.6 Å². The third kappa shape index (κ3) is 3.27. The largest absolute Gasteiger partial charge is 0.481 e. The highest BCUT2D eigenvalue weighted by Crippen LogP contribution is 2.19. The molecule has 0 bridgehead atoms. The fraction of sp³-hybridized carbons (Fsp3) is 0.900. The Bertz CT molecular complexity index is 194. The molecule has 1 rings (SSSR count). The molecule has 82 valence electrons. The highest BCUT2D eigenvalue weighted by molar-refractivity contribution is 5.66. The predicted octanol–water partition coefficient (Wildman–Crippen LogP) is 0.696. The maximum atomic E-state index is 10.4. The van der Waals surface area contributed by atoms with Crippen molar-refractivity contribution >= 4 is 5.97 Å². The van der Waals surface area contributed by atoms with Crippen LogP contribution in [0.4, 0.5) is 0 Å². The molecule has 2 N–H and O–H groups in total. The lowest BCUT2D eigenvalue weighted by Crippen LogP contribution is -2.46. The smallest absolute Gasteiger partial charge is 0.304 e. The zero-order chi connectivity index (χ0) is 10.6. The first kappa shape index (κ1) is 11.5. The Morgan fingerprint density at radius 1 is 1.57 bits per heavy atom. The molecule has 0 saturated carbocycles. The summed E-state index contributed by atoms with van der Waals surface area (Å²) < 4.78 is 0. The van der Waals surface area contributed by atoms with E-state index in [1.807, 2.05) is 0 Å². The Labute approximate surface area is 84.5 Å². The Kier molecular flexibility index (Phi) is 4.35. The van der Waals surface area contributed by atoms with Crippen molar-refractivity contribution in [3.63, 3.8) is 0 Å². The highest BCUT2D eigenvalue weighted by atomic mass is 16.4. The molecule has 0 radical (unpaired) electrons. The molecule has 1 heterocycles. The molecule has 14 heavy (non-hydrogen) atoms. The molecule has 1 aliphatic heterocycles. The van der Waals surface area contributed by atoms with E-state index in [2.05, 4.69) is 4.90 Å². The van der Waals surface area contributed by atoms with Crippen LogP contribution in [0.3, 0.4) is 0 Å². The summed E-state index contributed by atoms with van der Waals surface area (Å²) in [6.45, 7) is 3.26. The Balaban J connectivity index is 2.41. The summed E-state index contributed by atoms with van der Waals surface area (Å²) in [4.78, 5) is 12.5. The summed E-state index contributed by atoms with van der Waals surface area (Å²) >= 11 is 0. The molecule has 0 aromatic rings. The molecule has 0 aromatic carbocycles. The Morgan fingerprint density at radius 3 is 2.86 bits per heavy atom. The molecule has 2 atom stereocenters. The Hall–Kier alpha value is -0.610. The number of carboxylic acids is 1. The molecular weight excluding hydrogens is 182 g/mol. The first-order valence-electron chi connectivity index (χ1n) is 5.25. The van der Waals surface area contributed by atoms with Crippen molar-refractivity contribution in [2.75, 3.05) is 13.1 Å². The first-order chi connectivity index (χ1) is 6.61. The number of hydrogen-bond acceptors (Lipinski definition) is 3. The van der Waals surface area contributed by atoms with Crippen molar-refractivity contribution in [2.45, 2.75) is 44.8 Å². The van der Waals surface area contributed by atoms with E-state index in [-0.39, 0.29) is 18.6 Å². The van der Waals surface area contributed by atoms with E-state index in [1.165, 1.54) is 0 Å². The lowest BCUT2D eigenvalue weighted by Gasteiger charge is -2.37. The molecule has 0 unspecified atom stereocenters. The molecule has 4 heteroatoms. The number of carbonyl (C=O) groups is 1. The van der Waals surface area contributed by atoms with Gasteiger partial charge in [0.1, 0.15) is 0 Å². The molecule has 0 aliphatic carbocycles. The zero-order valence-corrected chi connectivity index (χ0v) is 8.65. The number of aliphatic carboxylic acids is 1. The van der Waals surface area contributed by atoms with Crippen LogP contribution in [0.2, 0.25) is 0 Å². The molecule has 1 saturated heterocycles. The number of aliphatic hydroxyl groups excluding tert-OH is 1. The third-order valence-electron chi connectivity index (χ3n) is 2.83. The molecular formula is C10H19NO3. The van der Waals surface area contributed by atoms with E-state index < -0.39 is 5.97 Å². The average molecular weight is 201 g/mol. The van der Waals surface area contributed by atoms with Crippen molar-refractivity contribution in [1.82, 2.24) is 4.90 Å². The monoisotopic (exact) mass is 201 g/mol. The van der Waals surface area contributed by atoms with Crippen LogP contribution in [-0.2, 0) is 4.79 Å². The van der Waals surface area contributed by atoms with E-state index in [1.54, 1.807) is 6.92 Å². The van der Waals surface area contributed by atoms with Gasteiger partial charge in [-0.2, -0.15) is 0 Å². The van der Waals surface area contributed by atoms with Crippen molar-refractivity contribution in [1.29, 1.82) is 0 Å². The fourth-order valence-corrected chi connectivity index (χ4v) is 2.08. The van der Waals surface area contributed by atoms with Crippen molar-refractivity contribution in [3.05, 3.63) is 0 Å². The summed E-state index contributed by atoms with van der Waals surface area (Å²) in [7, 11) is 0. The minimum Gasteiger partial charge on any atom is -0.481 e. The molecule has 4 nitrogen and oxygen atoms in total. The molecule has 1 fully saturated rings. The van der Waals surface area contributed by atoms with Crippen LogP contribution in [0.15, 0.2) is 0 Å². The van der Waals surface area contributed by atoms with Gasteiger partial charge in [-0.1, -0.05) is 6.42 Å². The van der Waals surface area contributed by atoms with E-state index in [0.29, 0.717) is 6.54 Å². The van der Waals surface area contributed by atoms with Crippen LogP contribution in [0, 0.1) is 0 Å². The first-order valence-corrected chi connectivity index (χ1v) is 5.25. The van der Waals surface area contributed by atoms with Gasteiger partial charge in [0.15, 0.2) is 0 Å². The topological polar surface area (TPSA) is 60.8 Å². The van der Waals surface area contributed by atoms with E-state index in [4.69, 9.17) is 5.11 Å². The number of aliphatic hydroxyl groups is 1. The quantitative estimate of drug-likeness (QED) is 0.702. The van der Waals surface area contributed by atoms with E-state index >= 15 is 0 Å². The van der Waals surface area contributed by atoms with Crippen LogP contribution >= 0.6 is 0 Å². The maximum absolute atomic E-state index is 10.4. The predicted molar refractivity (Wildman–Crippen MR) is 53.1 cm³/mol. The van der Waals surface area contributed by atoms with Gasteiger partial charge in [-0.15, -0.1) is 0 Å². The number of carboxylic acid groups (broad SMARTS) is 1. The fourth-order valence-electron chi connectivity index (χ4n) is 2.08. The van der Waals surface area contributed by atoms with Crippen LogP contribution in [0.1, 0.15) is 32.6 Å². The number of nitrogens with zero attached hydrogens (tertiary/aromatic N) is 1. The van der Waals surface area contributed by atoms with Gasteiger partial charge in [-0.05, 0) is 26.3 Å². The second-order valence-corrected chi connectivity index (χ2v) is 3.98. The van der Waals surface area contributed by atoms with Crippen LogP contribution < -0.4 is 0 Å². The number of piperidine rings is 1.